The number of hydrogen-bond acceptors (Lipinski definition) is 4. The third-order valence-corrected chi connectivity index (χ3v) is 5.17. The fourth-order valence-electron chi connectivity index (χ4n) is 3.36. The molecule has 148 valence electrons. The lowest BCUT2D eigenvalue weighted by molar-refractivity contribution is 0.0692. The van der Waals surface area contributed by atoms with E-state index in [-0.39, 0.29) is 17.9 Å². The Morgan fingerprint density at radius 3 is 2.52 bits per heavy atom. The van der Waals surface area contributed by atoms with Crippen LogP contribution in [0.5, 0.6) is 0 Å². The molecule has 0 aliphatic carbocycles. The molecule has 1 aromatic heterocycles. The molecular weight excluding hydrogens is 390 g/mol. The van der Waals surface area contributed by atoms with Crippen molar-refractivity contribution in [1.82, 2.24) is 25.2 Å². The predicted octanol–water partition coefficient (Wildman–Crippen LogP) is 2.96. The van der Waals surface area contributed by atoms with Crippen LogP contribution in [0.4, 0.5) is 0 Å². The Balaban J connectivity index is 1.33. The van der Waals surface area contributed by atoms with Gasteiger partial charge in [-0.1, -0.05) is 41.1 Å². The van der Waals surface area contributed by atoms with Crippen LogP contribution in [0.2, 0.25) is 5.02 Å². The van der Waals surface area contributed by atoms with Crippen LogP contribution < -0.4 is 5.32 Å². The Bertz CT molecular complexity index is 1010. The largest absolute Gasteiger partial charge is 0.349 e. The van der Waals surface area contributed by atoms with Crippen molar-refractivity contribution in [1.29, 1.82) is 0 Å². The minimum absolute atomic E-state index is 0.0190. The SMILES string of the molecule is O=C(NC1CCN(C(=O)c2cn(-c3ccccc3)nn2)CC1)c1cccc(Cl)c1. The van der Waals surface area contributed by atoms with Gasteiger partial charge in [-0.2, -0.15) is 0 Å². The second kappa shape index (κ2) is 8.45. The maximum atomic E-state index is 12.7. The Morgan fingerprint density at radius 1 is 1.03 bits per heavy atom. The number of carbonyl (C=O) groups is 2. The van der Waals surface area contributed by atoms with Crippen LogP contribution in [0.25, 0.3) is 5.69 Å². The molecule has 0 saturated carbocycles. The highest BCUT2D eigenvalue weighted by Crippen LogP contribution is 2.16. The number of benzene rings is 2. The lowest BCUT2D eigenvalue weighted by atomic mass is 10.0. The number of amides is 2. The van der Waals surface area contributed by atoms with E-state index in [4.69, 9.17) is 11.6 Å². The average molecular weight is 410 g/mol. The first-order valence-corrected chi connectivity index (χ1v) is 9.81. The van der Waals surface area contributed by atoms with Crippen LogP contribution >= 0.6 is 11.6 Å². The third kappa shape index (κ3) is 4.46. The van der Waals surface area contributed by atoms with Gasteiger partial charge in [0.05, 0.1) is 11.9 Å². The molecule has 1 aliphatic rings. The summed E-state index contributed by atoms with van der Waals surface area (Å²) in [6, 6.07) is 16.4. The molecule has 0 radical (unpaired) electrons. The van der Waals surface area contributed by atoms with E-state index in [2.05, 4.69) is 15.6 Å². The van der Waals surface area contributed by atoms with Crippen molar-refractivity contribution < 1.29 is 9.59 Å². The molecule has 0 spiro atoms. The molecule has 3 aromatic rings. The molecule has 29 heavy (non-hydrogen) atoms. The molecule has 4 rings (SSSR count). The van der Waals surface area contributed by atoms with Crippen molar-refractivity contribution in [3.05, 3.63) is 77.1 Å². The number of rotatable bonds is 4. The number of nitrogens with one attached hydrogen (secondary N) is 1. The number of piperidine rings is 1. The highest BCUT2D eigenvalue weighted by atomic mass is 35.5. The van der Waals surface area contributed by atoms with Gasteiger partial charge in [0.25, 0.3) is 11.8 Å². The lowest BCUT2D eigenvalue weighted by Crippen LogP contribution is -2.46. The van der Waals surface area contributed by atoms with Gasteiger partial charge < -0.3 is 10.2 Å². The zero-order valence-corrected chi connectivity index (χ0v) is 16.4. The van der Waals surface area contributed by atoms with Gasteiger partial charge in [-0.05, 0) is 43.2 Å². The van der Waals surface area contributed by atoms with Gasteiger partial charge >= 0.3 is 0 Å². The number of likely N-dealkylation sites (tertiary alicyclic amines) is 1. The van der Waals surface area contributed by atoms with E-state index in [0.29, 0.717) is 42.2 Å². The summed E-state index contributed by atoms with van der Waals surface area (Å²) in [5, 5.41) is 11.6. The molecule has 1 aliphatic heterocycles. The second-order valence-electron chi connectivity index (χ2n) is 6.93. The summed E-state index contributed by atoms with van der Waals surface area (Å²) in [4.78, 5) is 26.9. The summed E-state index contributed by atoms with van der Waals surface area (Å²) in [5.41, 5.74) is 1.70. The topological polar surface area (TPSA) is 80.1 Å². The van der Waals surface area contributed by atoms with Crippen LogP contribution in [0.15, 0.2) is 60.8 Å². The Labute approximate surface area is 173 Å². The van der Waals surface area contributed by atoms with E-state index < -0.39 is 0 Å². The number of hydrogen-bond donors (Lipinski definition) is 1. The molecule has 0 unspecified atom stereocenters. The van der Waals surface area contributed by atoms with E-state index in [1.165, 1.54) is 0 Å². The monoisotopic (exact) mass is 409 g/mol. The molecule has 2 amide bonds. The number of nitrogens with zero attached hydrogens (tertiary/aromatic N) is 4. The Morgan fingerprint density at radius 2 is 1.79 bits per heavy atom. The van der Waals surface area contributed by atoms with Crippen LogP contribution in [-0.2, 0) is 0 Å². The fourth-order valence-corrected chi connectivity index (χ4v) is 3.55. The van der Waals surface area contributed by atoms with Crippen molar-refractivity contribution in [3.63, 3.8) is 0 Å². The molecular formula is C21H20ClN5O2. The van der Waals surface area contributed by atoms with E-state index in [1.807, 2.05) is 30.3 Å². The maximum absolute atomic E-state index is 12.7. The van der Waals surface area contributed by atoms with Gasteiger partial charge in [-0.3, -0.25) is 9.59 Å². The van der Waals surface area contributed by atoms with E-state index in [9.17, 15) is 9.59 Å². The number of aromatic nitrogens is 3. The van der Waals surface area contributed by atoms with Crippen LogP contribution in [0.1, 0.15) is 33.7 Å². The number of halogens is 1. The van der Waals surface area contributed by atoms with Crippen molar-refractivity contribution in [2.75, 3.05) is 13.1 Å². The first-order valence-electron chi connectivity index (χ1n) is 9.43. The van der Waals surface area contributed by atoms with Gasteiger partial charge in [0.15, 0.2) is 5.69 Å². The van der Waals surface area contributed by atoms with Gasteiger partial charge in [0, 0.05) is 29.7 Å². The zero-order valence-electron chi connectivity index (χ0n) is 15.7. The molecule has 7 nitrogen and oxygen atoms in total. The summed E-state index contributed by atoms with van der Waals surface area (Å²) < 4.78 is 1.59. The highest BCUT2D eigenvalue weighted by molar-refractivity contribution is 6.30. The zero-order chi connectivity index (χ0) is 20.2. The van der Waals surface area contributed by atoms with E-state index in [0.717, 1.165) is 5.69 Å². The molecule has 1 N–H and O–H groups in total. The highest BCUT2D eigenvalue weighted by Gasteiger charge is 2.26. The quantitative estimate of drug-likeness (QED) is 0.718. The summed E-state index contributed by atoms with van der Waals surface area (Å²) in [5.74, 6) is -0.296. The Kier molecular flexibility index (Phi) is 5.57. The number of carbonyl (C=O) groups excluding carboxylic acids is 2. The maximum Gasteiger partial charge on any atom is 0.276 e. The molecule has 1 fully saturated rings. The summed E-state index contributed by atoms with van der Waals surface area (Å²) >= 11 is 5.95. The molecule has 2 aromatic carbocycles. The number of para-hydroxylation sites is 1. The normalized spacial score (nSPS) is 14.6. The molecule has 1 saturated heterocycles. The van der Waals surface area contributed by atoms with Crippen LogP contribution in [-0.4, -0.2) is 50.8 Å². The fraction of sp³-hybridized carbons (Fsp3) is 0.238. The summed E-state index contributed by atoms with van der Waals surface area (Å²) in [6.45, 7) is 1.11. The van der Waals surface area contributed by atoms with Gasteiger partial charge in [-0.25, -0.2) is 4.68 Å². The first kappa shape index (κ1) is 19.1. The molecule has 8 heteroatoms. The summed E-state index contributed by atoms with van der Waals surface area (Å²) in [6.07, 6.45) is 3.01. The van der Waals surface area contributed by atoms with Crippen LogP contribution in [0.3, 0.4) is 0 Å². The Hall–Kier alpha value is -3.19. The minimum Gasteiger partial charge on any atom is -0.349 e. The van der Waals surface area contributed by atoms with Crippen molar-refractivity contribution in [2.45, 2.75) is 18.9 Å². The molecule has 2 heterocycles. The van der Waals surface area contributed by atoms with Gasteiger partial charge in [-0.15, -0.1) is 5.10 Å². The first-order chi connectivity index (χ1) is 14.1. The standard InChI is InChI=1S/C21H20ClN5O2/c22-16-6-4-5-15(13-16)20(28)23-17-9-11-26(12-10-17)21(29)19-14-27(25-24-19)18-7-2-1-3-8-18/h1-8,13-14,17H,9-12H2,(H,23,28). The van der Waals surface area contributed by atoms with E-state index in [1.54, 1.807) is 40.0 Å². The van der Waals surface area contributed by atoms with Gasteiger partial charge in [0.2, 0.25) is 0 Å². The lowest BCUT2D eigenvalue weighted by Gasteiger charge is -2.31. The summed E-state index contributed by atoms with van der Waals surface area (Å²) in [7, 11) is 0. The smallest absolute Gasteiger partial charge is 0.276 e. The molecule has 0 bridgehead atoms. The molecule has 0 atom stereocenters. The van der Waals surface area contributed by atoms with Gasteiger partial charge in [0.1, 0.15) is 0 Å². The van der Waals surface area contributed by atoms with Crippen molar-refractivity contribution in [2.24, 2.45) is 0 Å². The van der Waals surface area contributed by atoms with E-state index >= 15 is 0 Å². The second-order valence-corrected chi connectivity index (χ2v) is 7.37. The van der Waals surface area contributed by atoms with Crippen molar-refractivity contribution in [3.8, 4) is 5.69 Å². The minimum atomic E-state index is -0.150. The average Bonchev–Trinajstić information content (AvgIpc) is 3.25. The van der Waals surface area contributed by atoms with Crippen molar-refractivity contribution >= 4 is 23.4 Å². The van der Waals surface area contributed by atoms with Crippen LogP contribution in [0, 0.1) is 0 Å². The third-order valence-electron chi connectivity index (χ3n) is 4.94. The predicted molar refractivity (Wildman–Crippen MR) is 109 cm³/mol.